The van der Waals surface area contributed by atoms with Gasteiger partial charge in [0.2, 0.25) is 0 Å². The van der Waals surface area contributed by atoms with Crippen LogP contribution < -0.4 is 10.5 Å². The fourth-order valence-electron chi connectivity index (χ4n) is 3.34. The van der Waals surface area contributed by atoms with Crippen LogP contribution in [0.1, 0.15) is 30.1 Å². The number of hydrogen-bond donors (Lipinski definition) is 2. The number of carbonyl (C=O) groups is 1. The van der Waals surface area contributed by atoms with Gasteiger partial charge >= 0.3 is 0 Å². The number of sulfonamides is 1. The molecule has 3 N–H and O–H groups in total. The zero-order valence-electron chi connectivity index (χ0n) is 15.7. The molecule has 1 saturated heterocycles. The average Bonchev–Trinajstić information content (AvgIpc) is 2.68. The van der Waals surface area contributed by atoms with Crippen LogP contribution in [0.25, 0.3) is 0 Å². The Bertz CT molecular complexity index is 896. The summed E-state index contributed by atoms with van der Waals surface area (Å²) in [5.74, 6) is 0.358. The van der Waals surface area contributed by atoms with Gasteiger partial charge in [-0.2, -0.15) is 0 Å². The number of halogens is 1. The van der Waals surface area contributed by atoms with Crippen molar-refractivity contribution in [3.8, 4) is 0 Å². The first-order valence-corrected chi connectivity index (χ1v) is 10.6. The smallest absolute Gasteiger partial charge is 0.261 e. The number of carbonyl (C=O) groups excluding carboxylic acids is 1. The molecule has 1 atom stereocenters. The van der Waals surface area contributed by atoms with Crippen molar-refractivity contribution in [3.05, 3.63) is 60.2 Å². The van der Waals surface area contributed by atoms with E-state index in [0.717, 1.165) is 12.8 Å². The number of anilines is 1. The fraction of sp³-hybridized carbons (Fsp3) is 0.350. The summed E-state index contributed by atoms with van der Waals surface area (Å²) in [7, 11) is -3.69. The van der Waals surface area contributed by atoms with Gasteiger partial charge in [-0.25, -0.2) is 8.42 Å². The Morgan fingerprint density at radius 3 is 2.36 bits per heavy atom. The molecule has 1 amide bonds. The third kappa shape index (κ3) is 5.25. The van der Waals surface area contributed by atoms with Crippen LogP contribution in [0, 0.1) is 5.92 Å². The SMILES string of the molecule is CC(N)C1CCN(C(=O)c2cccc(NS(=O)(=O)c3ccccc3)c2)CC1.Cl. The number of likely N-dealkylation sites (tertiary alicyclic amines) is 1. The molecule has 1 unspecified atom stereocenters. The van der Waals surface area contributed by atoms with E-state index in [1.54, 1.807) is 42.5 Å². The highest BCUT2D eigenvalue weighted by Crippen LogP contribution is 2.22. The number of amides is 1. The van der Waals surface area contributed by atoms with Crippen molar-refractivity contribution in [3.63, 3.8) is 0 Å². The molecule has 0 radical (unpaired) electrons. The first-order valence-electron chi connectivity index (χ1n) is 9.09. The largest absolute Gasteiger partial charge is 0.339 e. The number of nitrogens with one attached hydrogen (secondary N) is 1. The number of hydrogen-bond acceptors (Lipinski definition) is 4. The Morgan fingerprint density at radius 1 is 1.11 bits per heavy atom. The van der Waals surface area contributed by atoms with Gasteiger partial charge in [0.15, 0.2) is 0 Å². The monoisotopic (exact) mass is 423 g/mol. The number of piperidine rings is 1. The van der Waals surface area contributed by atoms with E-state index < -0.39 is 10.0 Å². The van der Waals surface area contributed by atoms with Crippen LogP contribution in [0.4, 0.5) is 5.69 Å². The van der Waals surface area contributed by atoms with Crippen LogP contribution in [0.2, 0.25) is 0 Å². The molecule has 0 aromatic heterocycles. The van der Waals surface area contributed by atoms with Gasteiger partial charge in [-0.1, -0.05) is 24.3 Å². The Morgan fingerprint density at radius 2 is 1.75 bits per heavy atom. The van der Waals surface area contributed by atoms with Crippen LogP contribution in [0.15, 0.2) is 59.5 Å². The molecule has 1 fully saturated rings. The van der Waals surface area contributed by atoms with Gasteiger partial charge in [-0.15, -0.1) is 12.4 Å². The van der Waals surface area contributed by atoms with Crippen molar-refractivity contribution in [2.75, 3.05) is 17.8 Å². The molecule has 8 heteroatoms. The lowest BCUT2D eigenvalue weighted by Crippen LogP contribution is -2.42. The quantitative estimate of drug-likeness (QED) is 0.772. The number of nitrogens with zero attached hydrogens (tertiary/aromatic N) is 1. The average molecular weight is 424 g/mol. The van der Waals surface area contributed by atoms with E-state index in [1.807, 2.05) is 11.8 Å². The lowest BCUT2D eigenvalue weighted by atomic mass is 9.90. The summed E-state index contributed by atoms with van der Waals surface area (Å²) in [4.78, 5) is 14.8. The molecule has 0 bridgehead atoms. The summed E-state index contributed by atoms with van der Waals surface area (Å²) >= 11 is 0. The lowest BCUT2D eigenvalue weighted by Gasteiger charge is -2.33. The minimum Gasteiger partial charge on any atom is -0.339 e. The number of nitrogens with two attached hydrogens (primary N) is 1. The molecule has 0 aliphatic carbocycles. The van der Waals surface area contributed by atoms with Crippen molar-refractivity contribution in [1.29, 1.82) is 0 Å². The maximum Gasteiger partial charge on any atom is 0.261 e. The lowest BCUT2D eigenvalue weighted by molar-refractivity contribution is 0.0681. The normalized spacial score (nSPS) is 16.1. The van der Waals surface area contributed by atoms with Crippen molar-refractivity contribution in [2.24, 2.45) is 11.7 Å². The highest BCUT2D eigenvalue weighted by Gasteiger charge is 2.25. The van der Waals surface area contributed by atoms with Crippen molar-refractivity contribution < 1.29 is 13.2 Å². The van der Waals surface area contributed by atoms with Crippen LogP contribution in [-0.4, -0.2) is 38.4 Å². The molecule has 1 aliphatic rings. The van der Waals surface area contributed by atoms with Gasteiger partial charge in [0, 0.05) is 30.4 Å². The molecule has 6 nitrogen and oxygen atoms in total. The van der Waals surface area contributed by atoms with Gasteiger partial charge in [0.1, 0.15) is 0 Å². The molecular weight excluding hydrogens is 398 g/mol. The molecule has 1 aliphatic heterocycles. The molecule has 28 heavy (non-hydrogen) atoms. The minimum atomic E-state index is -3.69. The van der Waals surface area contributed by atoms with Gasteiger partial charge in [0.05, 0.1) is 4.90 Å². The maximum absolute atomic E-state index is 12.8. The van der Waals surface area contributed by atoms with Gasteiger partial charge in [-0.3, -0.25) is 9.52 Å². The number of rotatable bonds is 5. The Kier molecular flexibility index (Phi) is 7.46. The first-order chi connectivity index (χ1) is 12.9. The fourth-order valence-corrected chi connectivity index (χ4v) is 4.41. The summed E-state index contributed by atoms with van der Waals surface area (Å²) in [6, 6.07) is 14.9. The van der Waals surface area contributed by atoms with Crippen LogP contribution >= 0.6 is 12.4 Å². The molecule has 1 heterocycles. The predicted octanol–water partition coefficient (Wildman–Crippen LogP) is 3.11. The summed E-state index contributed by atoms with van der Waals surface area (Å²) in [6.45, 7) is 3.35. The Balaban J connectivity index is 0.00000280. The standard InChI is InChI=1S/C20H25N3O3S.ClH/c1-15(21)16-10-12-23(13-11-16)20(24)17-6-5-7-18(14-17)22-27(25,26)19-8-3-2-4-9-19;/h2-9,14-16,22H,10-13,21H2,1H3;1H. The van der Waals surface area contributed by atoms with Gasteiger partial charge in [-0.05, 0) is 56.0 Å². The summed E-state index contributed by atoms with van der Waals surface area (Å²) in [5.41, 5.74) is 6.80. The van der Waals surface area contributed by atoms with Crippen LogP contribution in [0.5, 0.6) is 0 Å². The highest BCUT2D eigenvalue weighted by molar-refractivity contribution is 7.92. The highest BCUT2D eigenvalue weighted by atomic mass is 35.5. The molecule has 152 valence electrons. The summed E-state index contributed by atoms with van der Waals surface area (Å²) in [6.07, 6.45) is 1.79. The summed E-state index contributed by atoms with van der Waals surface area (Å²) in [5, 5.41) is 0. The van der Waals surface area contributed by atoms with Gasteiger partial charge in [0.25, 0.3) is 15.9 Å². The van der Waals surface area contributed by atoms with E-state index in [1.165, 1.54) is 12.1 Å². The minimum absolute atomic E-state index is 0. The topological polar surface area (TPSA) is 92.5 Å². The van der Waals surface area contributed by atoms with Crippen LogP contribution in [0.3, 0.4) is 0 Å². The molecule has 0 saturated carbocycles. The first kappa shape index (κ1) is 22.2. The third-order valence-corrected chi connectivity index (χ3v) is 6.38. The molecule has 0 spiro atoms. The van der Waals surface area contributed by atoms with Crippen LogP contribution in [-0.2, 0) is 10.0 Å². The van der Waals surface area contributed by atoms with Gasteiger partial charge < -0.3 is 10.6 Å². The molecule has 3 rings (SSSR count). The zero-order valence-corrected chi connectivity index (χ0v) is 17.4. The molecular formula is C20H26ClN3O3S. The van der Waals surface area contributed by atoms with Crippen molar-refractivity contribution in [2.45, 2.75) is 30.7 Å². The van der Waals surface area contributed by atoms with Crippen molar-refractivity contribution in [1.82, 2.24) is 4.90 Å². The second-order valence-electron chi connectivity index (χ2n) is 6.99. The molecule has 2 aromatic carbocycles. The van der Waals surface area contributed by atoms with Crippen molar-refractivity contribution >= 4 is 34.0 Å². The molecule has 2 aromatic rings. The van der Waals surface area contributed by atoms with E-state index in [-0.39, 0.29) is 29.3 Å². The van der Waals surface area contributed by atoms with E-state index in [4.69, 9.17) is 5.73 Å². The predicted molar refractivity (Wildman–Crippen MR) is 113 cm³/mol. The summed E-state index contributed by atoms with van der Waals surface area (Å²) < 4.78 is 27.5. The second-order valence-corrected chi connectivity index (χ2v) is 8.67. The Labute approximate surface area is 172 Å². The second kappa shape index (κ2) is 9.41. The number of benzene rings is 2. The third-order valence-electron chi connectivity index (χ3n) is 4.99. The van der Waals surface area contributed by atoms with E-state index in [9.17, 15) is 13.2 Å². The Hall–Kier alpha value is -2.09. The van der Waals surface area contributed by atoms with E-state index in [0.29, 0.717) is 30.3 Å². The van der Waals surface area contributed by atoms with E-state index >= 15 is 0 Å². The zero-order chi connectivity index (χ0) is 19.4. The van der Waals surface area contributed by atoms with E-state index in [2.05, 4.69) is 4.72 Å². The maximum atomic E-state index is 12.8.